The van der Waals surface area contributed by atoms with Crippen LogP contribution in [0.2, 0.25) is 0 Å². The van der Waals surface area contributed by atoms with Gasteiger partial charge in [-0.2, -0.15) is 4.39 Å². The topological polar surface area (TPSA) is 51.0 Å². The summed E-state index contributed by atoms with van der Waals surface area (Å²) in [5.74, 6) is -2.01. The van der Waals surface area contributed by atoms with Gasteiger partial charge < -0.3 is 25.0 Å². The number of benzene rings is 1. The first kappa shape index (κ1) is 17.5. The van der Waals surface area contributed by atoms with Crippen molar-refractivity contribution in [2.24, 2.45) is 5.73 Å². The Labute approximate surface area is 135 Å². The predicted molar refractivity (Wildman–Crippen MR) is 85.2 cm³/mol. The normalized spacial score (nSPS) is 14.7. The quantitative estimate of drug-likeness (QED) is 0.833. The summed E-state index contributed by atoms with van der Waals surface area (Å²) in [6.07, 6.45) is 3.53. The Morgan fingerprint density at radius 2 is 1.96 bits per heavy atom. The van der Waals surface area contributed by atoms with E-state index in [9.17, 15) is 8.78 Å². The van der Waals surface area contributed by atoms with Gasteiger partial charge in [-0.15, -0.1) is 0 Å². The first-order valence-electron chi connectivity index (χ1n) is 7.43. The van der Waals surface area contributed by atoms with Crippen LogP contribution >= 0.6 is 0 Å². The first-order chi connectivity index (χ1) is 10.9. The smallest absolute Gasteiger partial charge is 0.202 e. The molecule has 23 heavy (non-hydrogen) atoms. The summed E-state index contributed by atoms with van der Waals surface area (Å²) in [5.41, 5.74) is 5.41. The molecule has 0 aliphatic carbocycles. The van der Waals surface area contributed by atoms with Gasteiger partial charge in [-0.05, 0) is 26.0 Å². The molecule has 0 saturated heterocycles. The van der Waals surface area contributed by atoms with Gasteiger partial charge in [0.1, 0.15) is 0 Å². The van der Waals surface area contributed by atoms with E-state index in [0.29, 0.717) is 26.4 Å². The van der Waals surface area contributed by atoms with Gasteiger partial charge in [-0.25, -0.2) is 4.39 Å². The molecule has 1 heterocycles. The second kappa shape index (κ2) is 7.14. The first-order valence-corrected chi connectivity index (χ1v) is 7.43. The van der Waals surface area contributed by atoms with Crippen LogP contribution in [0.1, 0.15) is 13.8 Å². The minimum Gasteiger partial charge on any atom is -0.494 e. The Kier molecular flexibility index (Phi) is 5.43. The van der Waals surface area contributed by atoms with Crippen LogP contribution in [0.25, 0.3) is 0 Å². The Bertz CT molecular complexity index is 579. The van der Waals surface area contributed by atoms with Gasteiger partial charge in [0.15, 0.2) is 11.6 Å². The maximum atomic E-state index is 14.1. The summed E-state index contributed by atoms with van der Waals surface area (Å²) in [5, 5.41) is 0. The van der Waals surface area contributed by atoms with Crippen LogP contribution in [-0.2, 0) is 4.74 Å². The maximum Gasteiger partial charge on any atom is 0.202 e. The van der Waals surface area contributed by atoms with Crippen molar-refractivity contribution in [1.82, 2.24) is 4.90 Å². The van der Waals surface area contributed by atoms with Crippen LogP contribution in [-0.4, -0.2) is 44.0 Å². The molecule has 0 radical (unpaired) electrons. The van der Waals surface area contributed by atoms with Crippen molar-refractivity contribution in [3.63, 3.8) is 0 Å². The lowest BCUT2D eigenvalue weighted by Crippen LogP contribution is -2.37. The number of nitrogens with zero attached hydrogens (tertiary/aromatic N) is 2. The number of halogens is 2. The summed E-state index contributed by atoms with van der Waals surface area (Å²) in [4.78, 5) is 3.58. The second-order valence-electron chi connectivity index (χ2n) is 5.95. The molecule has 128 valence electrons. The molecule has 1 aliphatic rings. The lowest BCUT2D eigenvalue weighted by Gasteiger charge is -2.26. The highest BCUT2D eigenvalue weighted by atomic mass is 19.2. The fraction of sp³-hybridized carbons (Fsp3) is 0.500. The molecule has 0 fully saturated rings. The summed E-state index contributed by atoms with van der Waals surface area (Å²) in [7, 11) is 1.30. The Morgan fingerprint density at radius 1 is 1.22 bits per heavy atom. The molecule has 0 amide bonds. The van der Waals surface area contributed by atoms with Crippen molar-refractivity contribution in [2.45, 2.75) is 19.4 Å². The van der Waals surface area contributed by atoms with E-state index in [2.05, 4.69) is 0 Å². The van der Waals surface area contributed by atoms with Gasteiger partial charge in [-0.3, -0.25) is 0 Å². The van der Waals surface area contributed by atoms with Crippen molar-refractivity contribution in [1.29, 1.82) is 0 Å². The molecule has 0 bridgehead atoms. The minimum absolute atomic E-state index is 0.108. The molecule has 1 aliphatic heterocycles. The molecule has 0 saturated carbocycles. The van der Waals surface area contributed by atoms with E-state index < -0.39 is 11.6 Å². The highest BCUT2D eigenvalue weighted by Crippen LogP contribution is 2.29. The summed E-state index contributed by atoms with van der Waals surface area (Å²) >= 11 is 0. The van der Waals surface area contributed by atoms with Crippen LogP contribution in [0.15, 0.2) is 24.5 Å². The largest absolute Gasteiger partial charge is 0.494 e. The van der Waals surface area contributed by atoms with Gasteiger partial charge in [0.2, 0.25) is 5.82 Å². The molecule has 0 atom stereocenters. The van der Waals surface area contributed by atoms with E-state index in [-0.39, 0.29) is 17.0 Å². The summed E-state index contributed by atoms with van der Waals surface area (Å²) in [6, 6.07) is 2.91. The number of hydrogen-bond donors (Lipinski definition) is 1. The minimum atomic E-state index is -0.982. The molecule has 0 unspecified atom stereocenters. The highest BCUT2D eigenvalue weighted by Gasteiger charge is 2.22. The van der Waals surface area contributed by atoms with Crippen LogP contribution in [0, 0.1) is 11.6 Å². The molecule has 0 spiro atoms. The Hall–Kier alpha value is -1.86. The third-order valence-electron chi connectivity index (χ3n) is 3.71. The fourth-order valence-corrected chi connectivity index (χ4v) is 2.17. The number of methoxy groups -OCH3 is 1. The van der Waals surface area contributed by atoms with Crippen LogP contribution in [0.4, 0.5) is 14.5 Å². The zero-order valence-corrected chi connectivity index (χ0v) is 13.7. The van der Waals surface area contributed by atoms with Crippen molar-refractivity contribution in [2.75, 3.05) is 38.4 Å². The number of rotatable bonds is 7. The molecule has 5 nitrogen and oxygen atoms in total. The fourth-order valence-electron chi connectivity index (χ4n) is 2.17. The van der Waals surface area contributed by atoms with Crippen molar-refractivity contribution in [3.8, 4) is 5.75 Å². The number of ether oxygens (including phenoxy) is 2. The molecule has 2 N–H and O–H groups in total. The third kappa shape index (κ3) is 4.11. The summed E-state index contributed by atoms with van der Waals surface area (Å²) < 4.78 is 38.3. The van der Waals surface area contributed by atoms with Gasteiger partial charge in [-0.1, -0.05) is 0 Å². The van der Waals surface area contributed by atoms with E-state index in [1.165, 1.54) is 19.2 Å². The second-order valence-corrected chi connectivity index (χ2v) is 5.95. The lowest BCUT2D eigenvalue weighted by atomic mass is 10.1. The van der Waals surface area contributed by atoms with E-state index in [1.54, 1.807) is 11.1 Å². The van der Waals surface area contributed by atoms with Crippen LogP contribution < -0.4 is 15.4 Å². The average Bonchev–Trinajstić information content (AvgIpc) is 2.98. The van der Waals surface area contributed by atoms with Crippen molar-refractivity contribution in [3.05, 3.63) is 36.2 Å². The molecular weight excluding hydrogens is 304 g/mol. The van der Waals surface area contributed by atoms with Gasteiger partial charge in [0.05, 0.1) is 31.7 Å². The van der Waals surface area contributed by atoms with Gasteiger partial charge in [0.25, 0.3) is 0 Å². The lowest BCUT2D eigenvalue weighted by molar-refractivity contribution is -0.0154. The van der Waals surface area contributed by atoms with E-state index in [0.717, 1.165) is 0 Å². The van der Waals surface area contributed by atoms with Crippen LogP contribution in [0.5, 0.6) is 5.75 Å². The number of nitrogens with two attached hydrogens (primary N) is 1. The molecule has 2 rings (SSSR count). The SMILES string of the molecule is COc1ccc(N2C=CN(CCOC(C)(C)CN)C2)c(F)c1F. The number of hydrogen-bond acceptors (Lipinski definition) is 5. The molecule has 7 heteroatoms. The Balaban J connectivity index is 1.94. The van der Waals surface area contributed by atoms with E-state index >= 15 is 0 Å². The van der Waals surface area contributed by atoms with Crippen molar-refractivity contribution < 1.29 is 18.3 Å². The van der Waals surface area contributed by atoms with Gasteiger partial charge >= 0.3 is 0 Å². The number of anilines is 1. The molecule has 1 aromatic carbocycles. The zero-order chi connectivity index (χ0) is 17.0. The highest BCUT2D eigenvalue weighted by molar-refractivity contribution is 5.54. The standard InChI is InChI=1S/C16H23F2N3O2/c1-16(2,10-19)23-9-8-20-6-7-21(11-20)12-4-5-13(22-3)15(18)14(12)17/h4-7H,8-11,19H2,1-3H3. The zero-order valence-electron chi connectivity index (χ0n) is 13.7. The van der Waals surface area contributed by atoms with E-state index in [1.807, 2.05) is 24.9 Å². The van der Waals surface area contributed by atoms with Crippen LogP contribution in [0.3, 0.4) is 0 Å². The molecular formula is C16H23F2N3O2. The molecule has 1 aromatic rings. The maximum absolute atomic E-state index is 14.1. The van der Waals surface area contributed by atoms with Crippen molar-refractivity contribution >= 4 is 5.69 Å². The summed E-state index contributed by atoms with van der Waals surface area (Å²) in [6.45, 7) is 5.85. The monoisotopic (exact) mass is 327 g/mol. The third-order valence-corrected chi connectivity index (χ3v) is 3.71. The van der Waals surface area contributed by atoms with E-state index in [4.69, 9.17) is 15.2 Å². The molecule has 0 aromatic heterocycles. The average molecular weight is 327 g/mol. The predicted octanol–water partition coefficient (Wildman–Crippen LogP) is 2.28. The van der Waals surface area contributed by atoms with Gasteiger partial charge in [0, 0.05) is 25.5 Å². The Morgan fingerprint density at radius 3 is 2.61 bits per heavy atom.